The molecular weight excluding hydrogens is 466 g/mol. The molecule has 0 saturated carbocycles. The Bertz CT molecular complexity index is 1770. The summed E-state index contributed by atoms with van der Waals surface area (Å²) in [6.45, 7) is 0.363. The van der Waals surface area contributed by atoms with Gasteiger partial charge < -0.3 is 10.0 Å². The quantitative estimate of drug-likeness (QED) is 0.260. The van der Waals surface area contributed by atoms with Gasteiger partial charge in [-0.05, 0) is 55.9 Å². The van der Waals surface area contributed by atoms with Gasteiger partial charge in [-0.15, -0.1) is 0 Å². The predicted molar refractivity (Wildman–Crippen MR) is 154 cm³/mol. The van der Waals surface area contributed by atoms with Crippen molar-refractivity contribution in [3.05, 3.63) is 150 Å². The average molecular weight is 492 g/mol. The van der Waals surface area contributed by atoms with E-state index in [1.54, 1.807) is 4.90 Å². The topological polar surface area (TPSA) is 40.5 Å². The summed E-state index contributed by atoms with van der Waals surface area (Å²) in [5, 5.41) is 16.6. The second kappa shape index (κ2) is 8.69. The molecule has 6 aromatic carbocycles. The van der Waals surface area contributed by atoms with Gasteiger partial charge in [0, 0.05) is 5.56 Å². The highest BCUT2D eigenvalue weighted by Gasteiger charge is 2.51. The van der Waals surface area contributed by atoms with Gasteiger partial charge in [-0.1, -0.05) is 121 Å². The summed E-state index contributed by atoms with van der Waals surface area (Å²) in [6.07, 6.45) is 0. The van der Waals surface area contributed by atoms with Gasteiger partial charge >= 0.3 is 0 Å². The molecule has 0 bridgehead atoms. The van der Waals surface area contributed by atoms with Crippen molar-refractivity contribution in [1.29, 1.82) is 0 Å². The summed E-state index contributed by atoms with van der Waals surface area (Å²) in [5.74, 6) is -0.330. The summed E-state index contributed by atoms with van der Waals surface area (Å²) in [7, 11) is 0. The fraction of sp³-hybridized carbons (Fsp3) is 0.0571. The van der Waals surface area contributed by atoms with E-state index in [9.17, 15) is 9.90 Å². The molecule has 1 aliphatic heterocycles. The molecule has 6 aromatic rings. The number of para-hydroxylation sites is 1. The monoisotopic (exact) mass is 491 g/mol. The molecule has 7 rings (SSSR count). The number of rotatable bonds is 4. The third-order valence-corrected chi connectivity index (χ3v) is 7.75. The molecule has 3 heteroatoms. The number of nitrogens with zero attached hydrogens (tertiary/aromatic N) is 1. The van der Waals surface area contributed by atoms with Crippen molar-refractivity contribution >= 4 is 33.1 Å². The van der Waals surface area contributed by atoms with Gasteiger partial charge in [-0.3, -0.25) is 4.79 Å². The molecule has 0 aliphatic carbocycles. The molecule has 0 spiro atoms. The maximum Gasteiger partial charge on any atom is 0.268 e. The summed E-state index contributed by atoms with van der Waals surface area (Å²) >= 11 is 0. The van der Waals surface area contributed by atoms with Crippen LogP contribution >= 0.6 is 0 Å². The third-order valence-electron chi connectivity index (χ3n) is 7.75. The lowest BCUT2D eigenvalue weighted by molar-refractivity contribution is -0.132. The molecule has 1 atom stereocenters. The van der Waals surface area contributed by atoms with Crippen LogP contribution in [0.4, 0.5) is 5.69 Å². The second-order valence-electron chi connectivity index (χ2n) is 9.86. The van der Waals surface area contributed by atoms with E-state index in [1.807, 2.05) is 91.0 Å². The van der Waals surface area contributed by atoms with Crippen LogP contribution in [0, 0.1) is 0 Å². The predicted octanol–water partition coefficient (Wildman–Crippen LogP) is 7.44. The zero-order valence-corrected chi connectivity index (χ0v) is 20.7. The van der Waals surface area contributed by atoms with Crippen molar-refractivity contribution in [3.63, 3.8) is 0 Å². The minimum absolute atomic E-state index is 0.330. The molecule has 1 N–H and O–H groups in total. The van der Waals surface area contributed by atoms with Crippen LogP contribution in [-0.4, -0.2) is 11.0 Å². The van der Waals surface area contributed by atoms with E-state index in [0.29, 0.717) is 17.7 Å². The van der Waals surface area contributed by atoms with Crippen LogP contribution in [0.3, 0.4) is 0 Å². The van der Waals surface area contributed by atoms with Crippen LogP contribution < -0.4 is 4.90 Å². The number of carbonyl (C=O) groups is 1. The Hall–Kier alpha value is -4.73. The van der Waals surface area contributed by atoms with E-state index in [-0.39, 0.29) is 5.91 Å². The standard InChI is InChI=1S/C35H25NO2/c37-34-35(38,28-20-18-25(19-21-28)24-10-2-1-3-11-24)32-16-8-9-17-33(32)36(34)23-31-29-14-6-4-12-26(29)22-27-13-5-7-15-30(27)31/h1-22,38H,23H2/t35-/m0/s1. The molecule has 3 nitrogen and oxygen atoms in total. The summed E-state index contributed by atoms with van der Waals surface area (Å²) in [6, 6.07) is 44.1. The van der Waals surface area contributed by atoms with Crippen molar-refractivity contribution in [3.8, 4) is 11.1 Å². The van der Waals surface area contributed by atoms with Gasteiger partial charge in [0.05, 0.1) is 12.2 Å². The summed E-state index contributed by atoms with van der Waals surface area (Å²) in [5.41, 5.74) is 3.37. The second-order valence-corrected chi connectivity index (χ2v) is 9.86. The fourth-order valence-electron chi connectivity index (χ4n) is 5.84. The smallest absolute Gasteiger partial charge is 0.268 e. The number of hydrogen-bond acceptors (Lipinski definition) is 2. The van der Waals surface area contributed by atoms with E-state index in [4.69, 9.17) is 0 Å². The largest absolute Gasteiger partial charge is 0.372 e. The van der Waals surface area contributed by atoms with E-state index in [2.05, 4.69) is 42.5 Å². The van der Waals surface area contributed by atoms with Gasteiger partial charge in [0.25, 0.3) is 5.91 Å². The van der Waals surface area contributed by atoms with E-state index in [0.717, 1.165) is 43.9 Å². The van der Waals surface area contributed by atoms with Crippen LogP contribution in [-0.2, 0) is 16.9 Å². The minimum Gasteiger partial charge on any atom is -0.372 e. The van der Waals surface area contributed by atoms with Gasteiger partial charge in [-0.2, -0.15) is 0 Å². The first-order chi connectivity index (χ1) is 18.6. The molecular formula is C35H25NO2. The Morgan fingerprint density at radius 1 is 0.605 bits per heavy atom. The maximum atomic E-state index is 14.2. The molecule has 182 valence electrons. The first kappa shape index (κ1) is 22.5. The molecule has 0 aromatic heterocycles. The normalized spacial score (nSPS) is 16.8. The zero-order chi connectivity index (χ0) is 25.7. The first-order valence-electron chi connectivity index (χ1n) is 12.8. The van der Waals surface area contributed by atoms with Crippen molar-refractivity contribution in [1.82, 2.24) is 0 Å². The highest BCUT2D eigenvalue weighted by atomic mass is 16.3. The summed E-state index contributed by atoms with van der Waals surface area (Å²) < 4.78 is 0. The zero-order valence-electron chi connectivity index (χ0n) is 20.7. The van der Waals surface area contributed by atoms with Crippen LogP contribution in [0.15, 0.2) is 133 Å². The van der Waals surface area contributed by atoms with Crippen molar-refractivity contribution in [2.75, 3.05) is 4.90 Å². The number of fused-ring (bicyclic) bond motifs is 3. The number of amides is 1. The highest BCUT2D eigenvalue weighted by Crippen LogP contribution is 2.46. The van der Waals surface area contributed by atoms with Crippen LogP contribution in [0.25, 0.3) is 32.7 Å². The van der Waals surface area contributed by atoms with E-state index in [1.165, 1.54) is 0 Å². The van der Waals surface area contributed by atoms with Gasteiger partial charge in [0.15, 0.2) is 5.60 Å². The third kappa shape index (κ3) is 3.37. The lowest BCUT2D eigenvalue weighted by atomic mass is 9.86. The summed E-state index contributed by atoms with van der Waals surface area (Å²) in [4.78, 5) is 15.9. The fourth-order valence-corrected chi connectivity index (χ4v) is 5.84. The van der Waals surface area contributed by atoms with Crippen molar-refractivity contribution in [2.24, 2.45) is 0 Å². The van der Waals surface area contributed by atoms with Gasteiger partial charge in [0.2, 0.25) is 0 Å². The average Bonchev–Trinajstić information content (AvgIpc) is 3.20. The minimum atomic E-state index is -1.76. The lowest BCUT2D eigenvalue weighted by Crippen LogP contribution is -2.40. The molecule has 0 unspecified atom stereocenters. The number of hydrogen-bond donors (Lipinski definition) is 1. The molecule has 0 saturated heterocycles. The van der Waals surface area contributed by atoms with E-state index < -0.39 is 5.60 Å². The van der Waals surface area contributed by atoms with Crippen LogP contribution in [0.5, 0.6) is 0 Å². The lowest BCUT2D eigenvalue weighted by Gasteiger charge is -2.25. The van der Waals surface area contributed by atoms with Crippen LogP contribution in [0.1, 0.15) is 16.7 Å². The first-order valence-corrected chi connectivity index (χ1v) is 12.8. The van der Waals surface area contributed by atoms with Crippen LogP contribution in [0.2, 0.25) is 0 Å². The Morgan fingerprint density at radius 3 is 1.84 bits per heavy atom. The van der Waals surface area contributed by atoms with Gasteiger partial charge in [-0.25, -0.2) is 0 Å². The Kier molecular flexibility index (Phi) is 5.14. The van der Waals surface area contributed by atoms with Gasteiger partial charge in [0.1, 0.15) is 0 Å². The Balaban J connectivity index is 1.35. The number of anilines is 1. The molecule has 1 heterocycles. The Labute approximate surface area is 221 Å². The van der Waals surface area contributed by atoms with Crippen molar-refractivity contribution < 1.29 is 9.90 Å². The highest BCUT2D eigenvalue weighted by molar-refractivity contribution is 6.10. The molecule has 0 fully saturated rings. The Morgan fingerprint density at radius 2 is 1.16 bits per heavy atom. The molecule has 1 aliphatic rings. The molecule has 0 radical (unpaired) electrons. The van der Waals surface area contributed by atoms with E-state index >= 15 is 0 Å². The molecule has 38 heavy (non-hydrogen) atoms. The number of aliphatic hydroxyl groups is 1. The van der Waals surface area contributed by atoms with Crippen molar-refractivity contribution in [2.45, 2.75) is 12.1 Å². The SMILES string of the molecule is O=C1N(Cc2c3ccccc3cc3ccccc23)c2ccccc2[C@@]1(O)c1ccc(-c2ccccc2)cc1. The maximum absolute atomic E-state index is 14.2. The molecule has 1 amide bonds. The number of carbonyl (C=O) groups excluding carboxylic acids is 1. The number of benzene rings is 6.